The number of carbonyl (C=O) groups excluding carboxylic acids is 1. The number of anilines is 1. The highest BCUT2D eigenvalue weighted by molar-refractivity contribution is 5.96. The molecule has 1 fully saturated rings. The van der Waals surface area contributed by atoms with Crippen LogP contribution in [0.2, 0.25) is 0 Å². The molecular weight excluding hydrogens is 376 g/mol. The van der Waals surface area contributed by atoms with E-state index in [9.17, 15) is 4.79 Å². The number of nitrogens with zero attached hydrogens (tertiary/aromatic N) is 5. The summed E-state index contributed by atoms with van der Waals surface area (Å²) in [5.41, 5.74) is 2.70. The molecule has 3 heterocycles. The fourth-order valence-corrected chi connectivity index (χ4v) is 3.92. The van der Waals surface area contributed by atoms with Gasteiger partial charge in [-0.1, -0.05) is 18.2 Å². The monoisotopic (exact) mass is 406 g/mol. The molecule has 7 nitrogen and oxygen atoms in total. The van der Waals surface area contributed by atoms with Crippen LogP contribution >= 0.6 is 0 Å². The Morgan fingerprint density at radius 1 is 1.10 bits per heavy atom. The van der Waals surface area contributed by atoms with Gasteiger partial charge in [-0.05, 0) is 45.0 Å². The van der Waals surface area contributed by atoms with Crippen LogP contribution in [0, 0.1) is 0 Å². The van der Waals surface area contributed by atoms with Gasteiger partial charge in [0.1, 0.15) is 0 Å². The molecule has 2 aromatic heterocycles. The third-order valence-electron chi connectivity index (χ3n) is 5.61. The maximum atomic E-state index is 12.5. The Morgan fingerprint density at radius 2 is 1.87 bits per heavy atom. The Morgan fingerprint density at radius 3 is 2.60 bits per heavy atom. The molecule has 30 heavy (non-hydrogen) atoms. The summed E-state index contributed by atoms with van der Waals surface area (Å²) >= 11 is 0. The zero-order chi connectivity index (χ0) is 20.9. The summed E-state index contributed by atoms with van der Waals surface area (Å²) in [5, 5.41) is 8.28. The molecule has 1 aliphatic rings. The number of aromatic nitrogens is 3. The third kappa shape index (κ3) is 4.62. The average molecular weight is 407 g/mol. The van der Waals surface area contributed by atoms with Crippen molar-refractivity contribution in [2.75, 3.05) is 44.2 Å². The van der Waals surface area contributed by atoms with Gasteiger partial charge in [-0.25, -0.2) is 9.67 Å². The van der Waals surface area contributed by atoms with Gasteiger partial charge >= 0.3 is 0 Å². The Bertz CT molecular complexity index is 976. The van der Waals surface area contributed by atoms with Crippen molar-refractivity contribution in [2.45, 2.75) is 26.3 Å². The summed E-state index contributed by atoms with van der Waals surface area (Å²) in [6.07, 6.45) is 4.35. The Labute approximate surface area is 177 Å². The van der Waals surface area contributed by atoms with Crippen LogP contribution in [0.3, 0.4) is 0 Å². The molecule has 0 unspecified atom stereocenters. The van der Waals surface area contributed by atoms with Gasteiger partial charge in [-0.15, -0.1) is 0 Å². The summed E-state index contributed by atoms with van der Waals surface area (Å²) < 4.78 is 1.87. The standard InChI is InChI=1S/C23H30N6O/c1-18(2)29-22-19(17-26-29)15-20(16-25-22)23(30)24-9-6-10-27-11-13-28(14-12-27)21-7-4-3-5-8-21/h3-5,7-8,15-18H,6,9-14H2,1-2H3,(H,24,30). The van der Waals surface area contributed by atoms with E-state index in [2.05, 4.69) is 69.4 Å². The number of pyridine rings is 1. The zero-order valence-corrected chi connectivity index (χ0v) is 17.8. The lowest BCUT2D eigenvalue weighted by Gasteiger charge is -2.36. The fraction of sp³-hybridized carbons (Fsp3) is 0.435. The van der Waals surface area contributed by atoms with Crippen LogP contribution in [0.5, 0.6) is 0 Å². The molecule has 0 radical (unpaired) electrons. The van der Waals surface area contributed by atoms with E-state index in [-0.39, 0.29) is 11.9 Å². The van der Waals surface area contributed by atoms with E-state index in [1.165, 1.54) is 5.69 Å². The van der Waals surface area contributed by atoms with E-state index in [4.69, 9.17) is 0 Å². The first-order valence-electron chi connectivity index (χ1n) is 10.8. The molecule has 1 saturated heterocycles. The fourth-order valence-electron chi connectivity index (χ4n) is 3.92. The van der Waals surface area contributed by atoms with Gasteiger partial charge < -0.3 is 10.2 Å². The summed E-state index contributed by atoms with van der Waals surface area (Å²) in [6.45, 7) is 10.0. The molecule has 7 heteroatoms. The van der Waals surface area contributed by atoms with Gasteiger partial charge in [0, 0.05) is 56.0 Å². The smallest absolute Gasteiger partial charge is 0.252 e. The minimum absolute atomic E-state index is 0.0735. The summed E-state index contributed by atoms with van der Waals surface area (Å²) in [6, 6.07) is 12.7. The van der Waals surface area contributed by atoms with E-state index in [0.29, 0.717) is 12.1 Å². The highest BCUT2D eigenvalue weighted by Gasteiger charge is 2.17. The molecule has 0 saturated carbocycles. The average Bonchev–Trinajstić information content (AvgIpc) is 3.21. The maximum Gasteiger partial charge on any atom is 0.252 e. The second kappa shape index (κ2) is 9.26. The predicted molar refractivity (Wildman–Crippen MR) is 120 cm³/mol. The van der Waals surface area contributed by atoms with Crippen molar-refractivity contribution >= 4 is 22.6 Å². The molecule has 4 rings (SSSR count). The van der Waals surface area contributed by atoms with E-state index in [0.717, 1.165) is 50.2 Å². The molecule has 0 bridgehead atoms. The molecule has 0 aliphatic carbocycles. The van der Waals surface area contributed by atoms with Gasteiger partial charge in [-0.3, -0.25) is 9.69 Å². The number of carbonyl (C=O) groups is 1. The number of benzene rings is 1. The predicted octanol–water partition coefficient (Wildman–Crippen LogP) is 2.95. The second-order valence-electron chi connectivity index (χ2n) is 8.09. The van der Waals surface area contributed by atoms with Crippen molar-refractivity contribution in [1.82, 2.24) is 25.0 Å². The summed E-state index contributed by atoms with van der Waals surface area (Å²) in [4.78, 5) is 21.8. The first-order chi connectivity index (χ1) is 14.6. The summed E-state index contributed by atoms with van der Waals surface area (Å²) in [7, 11) is 0. The SMILES string of the molecule is CC(C)n1ncc2cc(C(=O)NCCCN3CCN(c4ccccc4)CC3)cnc21. The zero-order valence-electron chi connectivity index (χ0n) is 17.8. The van der Waals surface area contributed by atoms with Crippen molar-refractivity contribution in [3.05, 3.63) is 54.4 Å². The number of nitrogens with one attached hydrogen (secondary N) is 1. The van der Waals surface area contributed by atoms with Crippen molar-refractivity contribution in [1.29, 1.82) is 0 Å². The molecule has 1 aliphatic heterocycles. The molecule has 0 spiro atoms. The first kappa shape index (κ1) is 20.3. The Hall–Kier alpha value is -2.93. The van der Waals surface area contributed by atoms with Gasteiger partial charge in [-0.2, -0.15) is 5.10 Å². The van der Waals surface area contributed by atoms with E-state index in [1.807, 2.05) is 10.7 Å². The molecular formula is C23H30N6O. The lowest BCUT2D eigenvalue weighted by atomic mass is 10.2. The molecule has 1 aromatic carbocycles. The first-order valence-corrected chi connectivity index (χ1v) is 10.8. The van der Waals surface area contributed by atoms with E-state index < -0.39 is 0 Å². The highest BCUT2D eigenvalue weighted by Crippen LogP contribution is 2.17. The largest absolute Gasteiger partial charge is 0.369 e. The second-order valence-corrected chi connectivity index (χ2v) is 8.09. The lowest BCUT2D eigenvalue weighted by Crippen LogP contribution is -2.47. The van der Waals surface area contributed by atoms with Crippen molar-refractivity contribution < 1.29 is 4.79 Å². The van der Waals surface area contributed by atoms with Gasteiger partial charge in [0.15, 0.2) is 5.65 Å². The molecule has 1 amide bonds. The topological polar surface area (TPSA) is 66.3 Å². The van der Waals surface area contributed by atoms with Crippen LogP contribution in [-0.4, -0.2) is 64.8 Å². The minimum atomic E-state index is -0.0735. The van der Waals surface area contributed by atoms with Crippen LogP contribution in [-0.2, 0) is 0 Å². The molecule has 3 aromatic rings. The van der Waals surface area contributed by atoms with Crippen molar-refractivity contribution in [3.8, 4) is 0 Å². The normalized spacial score (nSPS) is 15.1. The van der Waals surface area contributed by atoms with Gasteiger partial charge in [0.2, 0.25) is 0 Å². The number of hydrogen-bond donors (Lipinski definition) is 1. The number of hydrogen-bond acceptors (Lipinski definition) is 5. The highest BCUT2D eigenvalue weighted by atomic mass is 16.1. The Balaban J connectivity index is 1.20. The number of fused-ring (bicyclic) bond motifs is 1. The minimum Gasteiger partial charge on any atom is -0.369 e. The van der Waals surface area contributed by atoms with Crippen LogP contribution in [0.25, 0.3) is 11.0 Å². The maximum absolute atomic E-state index is 12.5. The van der Waals surface area contributed by atoms with E-state index in [1.54, 1.807) is 12.4 Å². The van der Waals surface area contributed by atoms with E-state index >= 15 is 0 Å². The van der Waals surface area contributed by atoms with Crippen molar-refractivity contribution in [2.24, 2.45) is 0 Å². The lowest BCUT2D eigenvalue weighted by molar-refractivity contribution is 0.0951. The number of rotatable bonds is 7. The quantitative estimate of drug-likeness (QED) is 0.611. The molecule has 0 atom stereocenters. The van der Waals surface area contributed by atoms with Crippen LogP contribution < -0.4 is 10.2 Å². The number of piperazine rings is 1. The number of para-hydroxylation sites is 1. The van der Waals surface area contributed by atoms with Crippen LogP contribution in [0.4, 0.5) is 5.69 Å². The van der Waals surface area contributed by atoms with Crippen molar-refractivity contribution in [3.63, 3.8) is 0 Å². The van der Waals surface area contributed by atoms with Gasteiger partial charge in [0.25, 0.3) is 5.91 Å². The van der Waals surface area contributed by atoms with Gasteiger partial charge in [0.05, 0.1) is 11.8 Å². The number of amides is 1. The third-order valence-corrected chi connectivity index (χ3v) is 5.61. The molecule has 1 N–H and O–H groups in total. The van der Waals surface area contributed by atoms with Crippen LogP contribution in [0.1, 0.15) is 36.7 Å². The summed E-state index contributed by atoms with van der Waals surface area (Å²) in [5.74, 6) is -0.0735. The Kier molecular flexibility index (Phi) is 6.28. The molecule has 158 valence electrons. The van der Waals surface area contributed by atoms with Crippen LogP contribution in [0.15, 0.2) is 48.8 Å².